The maximum atomic E-state index is 10.3. The fourth-order valence-corrected chi connectivity index (χ4v) is 2.76. The van der Waals surface area contributed by atoms with Gasteiger partial charge in [0.2, 0.25) is 0 Å². The number of aromatic nitrogens is 1. The number of carbonyl (C=O) groups is 1. The second kappa shape index (κ2) is 7.53. The lowest BCUT2D eigenvalue weighted by Crippen LogP contribution is -1.99. The van der Waals surface area contributed by atoms with Gasteiger partial charge in [-0.3, -0.25) is 4.79 Å². The van der Waals surface area contributed by atoms with E-state index < -0.39 is 5.97 Å². The molecule has 0 amide bonds. The van der Waals surface area contributed by atoms with Gasteiger partial charge in [0.1, 0.15) is 5.75 Å². The number of carboxylic acid groups (broad SMARTS) is 1. The Morgan fingerprint density at radius 3 is 2.08 bits per heavy atom. The van der Waals surface area contributed by atoms with Crippen LogP contribution in [0.4, 0.5) is 0 Å². The Hall–Kier alpha value is -3.27. The molecule has 4 nitrogen and oxygen atoms in total. The fourth-order valence-electron chi connectivity index (χ4n) is 2.76. The number of H-pyrrole nitrogens is 1. The molecule has 0 aliphatic heterocycles. The first-order valence-corrected chi connectivity index (χ1v) is 7.97. The lowest BCUT2D eigenvalue weighted by atomic mass is 10.1. The largest absolute Gasteiger partial charge is 0.497 e. The minimum absolute atomic E-state index is 0.0389. The molecule has 3 aromatic carbocycles. The number of aromatic amines is 1. The third-order valence-corrected chi connectivity index (χ3v) is 3.90. The highest BCUT2D eigenvalue weighted by Crippen LogP contribution is 2.24. The van der Waals surface area contributed by atoms with Gasteiger partial charge in [0, 0.05) is 21.8 Å². The van der Waals surface area contributed by atoms with Crippen LogP contribution in [0.3, 0.4) is 0 Å². The molecule has 0 unspecified atom stereocenters. The summed E-state index contributed by atoms with van der Waals surface area (Å²) < 4.78 is 4.94. The highest BCUT2D eigenvalue weighted by molar-refractivity contribution is 6.06. The number of ether oxygens (including phenoxy) is 1. The van der Waals surface area contributed by atoms with Crippen LogP contribution in [-0.2, 0) is 11.2 Å². The summed E-state index contributed by atoms with van der Waals surface area (Å²) in [6.07, 6.45) is 0.0389. The number of aliphatic carboxylic acids is 1. The Kier molecular flexibility index (Phi) is 5.00. The molecule has 0 bridgehead atoms. The van der Waals surface area contributed by atoms with E-state index in [1.165, 1.54) is 21.8 Å². The lowest BCUT2D eigenvalue weighted by Gasteiger charge is -2.00. The predicted molar refractivity (Wildman–Crippen MR) is 100 cm³/mol. The molecule has 4 heteroatoms. The molecule has 0 aliphatic rings. The quantitative estimate of drug-likeness (QED) is 0.574. The highest BCUT2D eigenvalue weighted by atomic mass is 16.5. The molecule has 4 aromatic rings. The molecule has 4 rings (SSSR count). The van der Waals surface area contributed by atoms with E-state index in [1.54, 1.807) is 31.4 Å². The molecule has 2 N–H and O–H groups in total. The minimum atomic E-state index is -0.830. The van der Waals surface area contributed by atoms with Crippen molar-refractivity contribution in [1.82, 2.24) is 4.98 Å². The Bertz CT molecular complexity index is 954. The van der Waals surface area contributed by atoms with Crippen molar-refractivity contribution in [3.8, 4) is 5.75 Å². The van der Waals surface area contributed by atoms with E-state index >= 15 is 0 Å². The van der Waals surface area contributed by atoms with Gasteiger partial charge in [0.25, 0.3) is 0 Å². The van der Waals surface area contributed by atoms with E-state index in [0.717, 1.165) is 5.56 Å². The SMILES string of the molecule is COc1cccc(CC(=O)O)c1.c1ccc2c(c1)[nH]c1ccccc12. The van der Waals surface area contributed by atoms with Crippen LogP contribution in [0.15, 0.2) is 72.8 Å². The van der Waals surface area contributed by atoms with Crippen molar-refractivity contribution in [2.45, 2.75) is 6.42 Å². The number of fused-ring (bicyclic) bond motifs is 3. The third kappa shape index (κ3) is 3.98. The maximum absolute atomic E-state index is 10.3. The summed E-state index contributed by atoms with van der Waals surface area (Å²) in [5.41, 5.74) is 3.18. The van der Waals surface area contributed by atoms with Crippen LogP contribution in [0.5, 0.6) is 5.75 Å². The molecule has 1 aromatic heterocycles. The Morgan fingerprint density at radius 1 is 0.920 bits per heavy atom. The summed E-state index contributed by atoms with van der Waals surface area (Å²) in [6.45, 7) is 0. The van der Waals surface area contributed by atoms with Gasteiger partial charge >= 0.3 is 5.97 Å². The van der Waals surface area contributed by atoms with Crippen LogP contribution in [0, 0.1) is 0 Å². The van der Waals surface area contributed by atoms with Gasteiger partial charge in [-0.1, -0.05) is 48.5 Å². The molecule has 0 saturated heterocycles. The smallest absolute Gasteiger partial charge is 0.307 e. The van der Waals surface area contributed by atoms with Gasteiger partial charge in [-0.25, -0.2) is 0 Å². The summed E-state index contributed by atoms with van der Waals surface area (Å²) in [5, 5.41) is 11.1. The summed E-state index contributed by atoms with van der Waals surface area (Å²) in [4.78, 5) is 13.7. The van der Waals surface area contributed by atoms with Gasteiger partial charge in [0.15, 0.2) is 0 Å². The van der Waals surface area contributed by atoms with Crippen LogP contribution in [-0.4, -0.2) is 23.2 Å². The molecule has 126 valence electrons. The van der Waals surface area contributed by atoms with Crippen molar-refractivity contribution in [2.75, 3.05) is 7.11 Å². The number of nitrogens with one attached hydrogen (secondary N) is 1. The van der Waals surface area contributed by atoms with Gasteiger partial charge in [-0.2, -0.15) is 0 Å². The van der Waals surface area contributed by atoms with E-state index in [9.17, 15) is 4.79 Å². The summed E-state index contributed by atoms with van der Waals surface area (Å²) >= 11 is 0. The topological polar surface area (TPSA) is 62.3 Å². The molecule has 0 atom stereocenters. The van der Waals surface area contributed by atoms with Crippen LogP contribution >= 0.6 is 0 Å². The van der Waals surface area contributed by atoms with Crippen LogP contribution in [0.2, 0.25) is 0 Å². The summed E-state index contributed by atoms with van der Waals surface area (Å²) in [7, 11) is 1.56. The van der Waals surface area contributed by atoms with Crippen molar-refractivity contribution in [3.05, 3.63) is 78.4 Å². The first kappa shape index (κ1) is 16.6. The van der Waals surface area contributed by atoms with Gasteiger partial charge in [0.05, 0.1) is 13.5 Å². The minimum Gasteiger partial charge on any atom is -0.497 e. The van der Waals surface area contributed by atoms with Crippen LogP contribution in [0.25, 0.3) is 21.8 Å². The van der Waals surface area contributed by atoms with Crippen molar-refractivity contribution in [2.24, 2.45) is 0 Å². The predicted octanol–water partition coefficient (Wildman–Crippen LogP) is 4.64. The number of para-hydroxylation sites is 2. The highest BCUT2D eigenvalue weighted by Gasteiger charge is 2.01. The summed E-state index contributed by atoms with van der Waals surface area (Å²) in [5.74, 6) is -0.142. The Balaban J connectivity index is 0.000000147. The van der Waals surface area contributed by atoms with Gasteiger partial charge in [-0.05, 0) is 29.8 Å². The Morgan fingerprint density at radius 2 is 1.52 bits per heavy atom. The molecule has 25 heavy (non-hydrogen) atoms. The molecular weight excluding hydrogens is 314 g/mol. The number of hydrogen-bond donors (Lipinski definition) is 2. The second-order valence-electron chi connectivity index (χ2n) is 5.64. The monoisotopic (exact) mass is 333 g/mol. The Labute approximate surface area is 145 Å². The average Bonchev–Trinajstić information content (AvgIpc) is 3.00. The van der Waals surface area contributed by atoms with E-state index in [1.807, 2.05) is 0 Å². The lowest BCUT2D eigenvalue weighted by molar-refractivity contribution is -0.136. The molecule has 0 radical (unpaired) electrons. The van der Waals surface area contributed by atoms with Gasteiger partial charge < -0.3 is 14.8 Å². The molecule has 0 fully saturated rings. The summed E-state index contributed by atoms with van der Waals surface area (Å²) in [6, 6.07) is 23.8. The second-order valence-corrected chi connectivity index (χ2v) is 5.64. The third-order valence-electron chi connectivity index (χ3n) is 3.90. The number of carboxylic acids is 1. The number of benzene rings is 3. The normalized spacial score (nSPS) is 10.3. The molecular formula is C21H19NO3. The van der Waals surface area contributed by atoms with E-state index in [2.05, 4.69) is 53.5 Å². The number of hydrogen-bond acceptors (Lipinski definition) is 2. The van der Waals surface area contributed by atoms with Crippen LogP contribution < -0.4 is 4.74 Å². The van der Waals surface area contributed by atoms with Crippen LogP contribution in [0.1, 0.15) is 5.56 Å². The standard InChI is InChI=1S/C12H9N.C9H10O3/c1-3-7-11-9(5-1)10-6-2-4-8-12(10)13-11;1-12-8-4-2-3-7(5-8)6-9(10)11/h1-8,13H;2-5H,6H2,1H3,(H,10,11). The average molecular weight is 333 g/mol. The molecule has 1 heterocycles. The molecule has 0 spiro atoms. The maximum Gasteiger partial charge on any atom is 0.307 e. The number of methoxy groups -OCH3 is 1. The van der Waals surface area contributed by atoms with Crippen molar-refractivity contribution in [3.63, 3.8) is 0 Å². The molecule has 0 saturated carbocycles. The van der Waals surface area contributed by atoms with E-state index in [4.69, 9.17) is 9.84 Å². The first-order valence-electron chi connectivity index (χ1n) is 7.97. The van der Waals surface area contributed by atoms with Crippen molar-refractivity contribution in [1.29, 1.82) is 0 Å². The zero-order valence-electron chi connectivity index (χ0n) is 13.9. The fraction of sp³-hybridized carbons (Fsp3) is 0.0952. The number of rotatable bonds is 3. The van der Waals surface area contributed by atoms with Crippen molar-refractivity contribution < 1.29 is 14.6 Å². The van der Waals surface area contributed by atoms with Gasteiger partial charge in [-0.15, -0.1) is 0 Å². The van der Waals surface area contributed by atoms with Crippen molar-refractivity contribution >= 4 is 27.8 Å². The first-order chi connectivity index (χ1) is 12.2. The van der Waals surface area contributed by atoms with E-state index in [-0.39, 0.29) is 6.42 Å². The zero-order valence-corrected chi connectivity index (χ0v) is 13.9. The molecule has 0 aliphatic carbocycles. The zero-order chi connectivity index (χ0) is 17.6. The van der Waals surface area contributed by atoms with E-state index in [0.29, 0.717) is 5.75 Å².